The van der Waals surface area contributed by atoms with Crippen LogP contribution in [0.3, 0.4) is 0 Å². The standard InChI is InChI=1S/C13H14N2O3S2/c1-9(16)3-4-10-5-6-12(19-10)11-7-8-14-13(15-11)20(2,17)18/h3-9,16H,1-2H3/b4-3+. The predicted molar refractivity (Wildman–Crippen MR) is 79.2 cm³/mol. The van der Waals surface area contributed by atoms with Crippen molar-refractivity contribution in [2.45, 2.75) is 18.2 Å². The Kier molecular flexibility index (Phi) is 4.32. The van der Waals surface area contributed by atoms with Crippen molar-refractivity contribution in [1.29, 1.82) is 0 Å². The van der Waals surface area contributed by atoms with Gasteiger partial charge in [-0.15, -0.1) is 11.3 Å². The van der Waals surface area contributed by atoms with Gasteiger partial charge in [-0.3, -0.25) is 0 Å². The van der Waals surface area contributed by atoms with Crippen molar-refractivity contribution in [3.63, 3.8) is 0 Å². The average Bonchev–Trinajstić information content (AvgIpc) is 2.84. The SMILES string of the molecule is CC(O)/C=C/c1ccc(-c2ccnc(S(C)(=O)=O)n2)s1. The zero-order valence-electron chi connectivity index (χ0n) is 11.0. The molecular weight excluding hydrogens is 296 g/mol. The third-order valence-electron chi connectivity index (χ3n) is 2.38. The van der Waals surface area contributed by atoms with Crippen LogP contribution in [-0.2, 0) is 9.84 Å². The van der Waals surface area contributed by atoms with Crippen molar-refractivity contribution in [2.24, 2.45) is 0 Å². The van der Waals surface area contributed by atoms with Gasteiger partial charge in [-0.25, -0.2) is 18.4 Å². The van der Waals surface area contributed by atoms with Crippen LogP contribution in [-0.4, -0.2) is 35.9 Å². The number of aliphatic hydroxyl groups excluding tert-OH is 1. The van der Waals surface area contributed by atoms with E-state index in [9.17, 15) is 13.5 Å². The molecular formula is C13H14N2O3S2. The number of rotatable bonds is 4. The lowest BCUT2D eigenvalue weighted by atomic mass is 10.3. The topological polar surface area (TPSA) is 80.2 Å². The quantitative estimate of drug-likeness (QED) is 0.874. The number of hydrogen-bond donors (Lipinski definition) is 1. The van der Waals surface area contributed by atoms with Crippen LogP contribution in [0.2, 0.25) is 0 Å². The van der Waals surface area contributed by atoms with Crippen LogP contribution < -0.4 is 0 Å². The molecule has 0 aliphatic carbocycles. The fourth-order valence-corrected chi connectivity index (χ4v) is 2.88. The van der Waals surface area contributed by atoms with E-state index in [0.717, 1.165) is 16.0 Å². The predicted octanol–water partition coefficient (Wildman–Crippen LogP) is 2.00. The molecule has 2 heterocycles. The van der Waals surface area contributed by atoms with E-state index in [2.05, 4.69) is 9.97 Å². The van der Waals surface area contributed by atoms with Crippen LogP contribution in [0, 0.1) is 0 Å². The lowest BCUT2D eigenvalue weighted by Gasteiger charge is -1.99. The van der Waals surface area contributed by atoms with Gasteiger partial charge in [0, 0.05) is 17.3 Å². The first-order valence-corrected chi connectivity index (χ1v) is 8.56. The lowest BCUT2D eigenvalue weighted by Crippen LogP contribution is -2.03. The molecule has 0 saturated carbocycles. The van der Waals surface area contributed by atoms with Gasteiger partial charge in [-0.1, -0.05) is 6.08 Å². The Bertz CT molecular complexity index is 734. The highest BCUT2D eigenvalue weighted by molar-refractivity contribution is 7.90. The van der Waals surface area contributed by atoms with E-state index in [4.69, 9.17) is 0 Å². The second-order valence-electron chi connectivity index (χ2n) is 4.30. The molecule has 2 aromatic heterocycles. The molecule has 1 unspecified atom stereocenters. The summed E-state index contributed by atoms with van der Waals surface area (Å²) in [7, 11) is -3.41. The second kappa shape index (κ2) is 5.82. The first kappa shape index (κ1) is 14.8. The number of nitrogens with zero attached hydrogens (tertiary/aromatic N) is 2. The van der Waals surface area contributed by atoms with Crippen LogP contribution >= 0.6 is 11.3 Å². The molecule has 0 aliphatic heterocycles. The number of sulfone groups is 1. The summed E-state index contributed by atoms with van der Waals surface area (Å²) in [5, 5.41) is 9.02. The average molecular weight is 310 g/mol. The summed E-state index contributed by atoms with van der Waals surface area (Å²) in [6.45, 7) is 1.67. The maximum absolute atomic E-state index is 11.4. The van der Waals surface area contributed by atoms with Crippen LogP contribution in [0.1, 0.15) is 11.8 Å². The van der Waals surface area contributed by atoms with Gasteiger partial charge in [0.25, 0.3) is 0 Å². The van der Waals surface area contributed by atoms with Crippen molar-refractivity contribution in [3.05, 3.63) is 35.3 Å². The Morgan fingerprint density at radius 2 is 2.10 bits per heavy atom. The summed E-state index contributed by atoms with van der Waals surface area (Å²) >= 11 is 1.46. The normalized spacial score (nSPS) is 13.8. The van der Waals surface area contributed by atoms with Crippen LogP contribution in [0.25, 0.3) is 16.6 Å². The monoisotopic (exact) mass is 310 g/mol. The summed E-state index contributed by atoms with van der Waals surface area (Å²) in [6.07, 6.45) is 5.51. The number of aromatic nitrogens is 2. The molecule has 0 amide bonds. The highest BCUT2D eigenvalue weighted by Crippen LogP contribution is 2.27. The molecule has 0 saturated heterocycles. The summed E-state index contributed by atoms with van der Waals surface area (Å²) in [5.41, 5.74) is 0.571. The van der Waals surface area contributed by atoms with Crippen molar-refractivity contribution in [2.75, 3.05) is 6.26 Å². The van der Waals surface area contributed by atoms with Gasteiger partial charge < -0.3 is 5.11 Å². The van der Waals surface area contributed by atoms with Gasteiger partial charge >= 0.3 is 0 Å². The summed E-state index contributed by atoms with van der Waals surface area (Å²) in [6, 6.07) is 5.42. The molecule has 0 aromatic carbocycles. The molecule has 106 valence electrons. The molecule has 0 bridgehead atoms. The zero-order valence-corrected chi connectivity index (χ0v) is 12.6. The van der Waals surface area contributed by atoms with Crippen LogP contribution in [0.15, 0.2) is 35.6 Å². The molecule has 1 N–H and O–H groups in total. The minimum atomic E-state index is -3.41. The summed E-state index contributed by atoms with van der Waals surface area (Å²) in [4.78, 5) is 9.63. The fraction of sp³-hybridized carbons (Fsp3) is 0.231. The van der Waals surface area contributed by atoms with E-state index in [-0.39, 0.29) is 5.16 Å². The molecule has 2 aromatic rings. The number of thiophene rings is 1. The van der Waals surface area contributed by atoms with Crippen LogP contribution in [0.5, 0.6) is 0 Å². The molecule has 0 fully saturated rings. The molecule has 7 heteroatoms. The van der Waals surface area contributed by atoms with Gasteiger partial charge in [0.1, 0.15) is 0 Å². The first-order chi connectivity index (χ1) is 9.36. The smallest absolute Gasteiger partial charge is 0.247 e. The number of hydrogen-bond acceptors (Lipinski definition) is 6. The largest absolute Gasteiger partial charge is 0.389 e. The van der Waals surface area contributed by atoms with Gasteiger partial charge in [-0.05, 0) is 31.2 Å². The van der Waals surface area contributed by atoms with Gasteiger partial charge in [0.15, 0.2) is 0 Å². The fourth-order valence-electron chi connectivity index (χ4n) is 1.47. The van der Waals surface area contributed by atoms with E-state index >= 15 is 0 Å². The molecule has 0 aliphatic rings. The molecule has 0 spiro atoms. The molecule has 20 heavy (non-hydrogen) atoms. The zero-order chi connectivity index (χ0) is 14.8. The third kappa shape index (κ3) is 3.72. The third-order valence-corrected chi connectivity index (χ3v) is 4.32. The maximum Gasteiger partial charge on any atom is 0.247 e. The Balaban J connectivity index is 2.33. The Morgan fingerprint density at radius 3 is 2.75 bits per heavy atom. The minimum absolute atomic E-state index is 0.176. The second-order valence-corrected chi connectivity index (χ2v) is 7.32. The Morgan fingerprint density at radius 1 is 1.35 bits per heavy atom. The summed E-state index contributed by atoms with van der Waals surface area (Å²) in [5.74, 6) is 0. The van der Waals surface area contributed by atoms with Crippen molar-refractivity contribution in [3.8, 4) is 10.6 Å². The molecule has 2 rings (SSSR count). The van der Waals surface area contributed by atoms with Gasteiger partial charge in [-0.2, -0.15) is 0 Å². The van der Waals surface area contributed by atoms with E-state index in [0.29, 0.717) is 5.69 Å². The Labute approximate surface area is 121 Å². The highest BCUT2D eigenvalue weighted by atomic mass is 32.2. The van der Waals surface area contributed by atoms with E-state index in [1.807, 2.05) is 18.2 Å². The van der Waals surface area contributed by atoms with E-state index < -0.39 is 15.9 Å². The minimum Gasteiger partial charge on any atom is -0.389 e. The first-order valence-electron chi connectivity index (χ1n) is 5.86. The highest BCUT2D eigenvalue weighted by Gasteiger charge is 2.12. The van der Waals surface area contributed by atoms with Crippen molar-refractivity contribution < 1.29 is 13.5 Å². The number of aliphatic hydroxyl groups is 1. The molecule has 5 nitrogen and oxygen atoms in total. The van der Waals surface area contributed by atoms with E-state index in [1.165, 1.54) is 17.5 Å². The van der Waals surface area contributed by atoms with Crippen molar-refractivity contribution >= 4 is 27.3 Å². The maximum atomic E-state index is 11.4. The van der Waals surface area contributed by atoms with E-state index in [1.54, 1.807) is 19.1 Å². The lowest BCUT2D eigenvalue weighted by molar-refractivity contribution is 0.245. The molecule has 1 atom stereocenters. The Hall–Kier alpha value is -1.57. The molecule has 0 radical (unpaired) electrons. The summed E-state index contributed by atoms with van der Waals surface area (Å²) < 4.78 is 22.9. The van der Waals surface area contributed by atoms with Gasteiger partial charge in [0.05, 0.1) is 16.7 Å². The van der Waals surface area contributed by atoms with Crippen LogP contribution in [0.4, 0.5) is 0 Å². The van der Waals surface area contributed by atoms with Crippen molar-refractivity contribution in [1.82, 2.24) is 9.97 Å². The van der Waals surface area contributed by atoms with Gasteiger partial charge in [0.2, 0.25) is 15.0 Å².